The van der Waals surface area contributed by atoms with Crippen LogP contribution in [0.1, 0.15) is 20.8 Å². The fourth-order valence-electron chi connectivity index (χ4n) is 2.36. The first-order valence-electron chi connectivity index (χ1n) is 7.49. The number of aldehydes is 1. The van der Waals surface area contributed by atoms with E-state index in [1.165, 1.54) is 6.07 Å². The molecule has 1 heterocycles. The average Bonchev–Trinajstić information content (AvgIpc) is 3.06. The van der Waals surface area contributed by atoms with E-state index >= 15 is 0 Å². The Balaban J connectivity index is 1.96. The monoisotopic (exact) mass is 475 g/mol. The maximum absolute atomic E-state index is 13.4. The molecule has 0 fully saturated rings. The Morgan fingerprint density at radius 2 is 1.89 bits per heavy atom. The first kappa shape index (κ1) is 19.9. The van der Waals surface area contributed by atoms with Crippen LogP contribution in [0.3, 0.4) is 0 Å². The lowest BCUT2D eigenvalue weighted by molar-refractivity contribution is -0.135. The second kappa shape index (κ2) is 8.00. The lowest BCUT2D eigenvalue weighted by Crippen LogP contribution is -2.08. The van der Waals surface area contributed by atoms with E-state index in [4.69, 9.17) is 16.3 Å². The predicted molar refractivity (Wildman–Crippen MR) is 101 cm³/mol. The van der Waals surface area contributed by atoms with Crippen LogP contribution in [0.5, 0.6) is 5.75 Å². The van der Waals surface area contributed by atoms with Gasteiger partial charge in [-0.3, -0.25) is 4.79 Å². The SMILES string of the molecule is O=Cc1cc(OCc2c(-c3ccc(Cl)cc3)nsc2C(F)(F)F)ccc1Br. The highest BCUT2D eigenvalue weighted by Gasteiger charge is 2.38. The van der Waals surface area contributed by atoms with Gasteiger partial charge in [-0.2, -0.15) is 17.5 Å². The zero-order chi connectivity index (χ0) is 19.6. The van der Waals surface area contributed by atoms with Crippen molar-refractivity contribution >= 4 is 45.3 Å². The Bertz CT molecular complexity index is 974. The van der Waals surface area contributed by atoms with E-state index in [9.17, 15) is 18.0 Å². The Morgan fingerprint density at radius 3 is 2.52 bits per heavy atom. The molecule has 3 nitrogen and oxygen atoms in total. The molecule has 0 unspecified atom stereocenters. The van der Waals surface area contributed by atoms with Crippen LogP contribution in [0.25, 0.3) is 11.3 Å². The average molecular weight is 477 g/mol. The van der Waals surface area contributed by atoms with E-state index in [2.05, 4.69) is 20.3 Å². The van der Waals surface area contributed by atoms with Gasteiger partial charge in [-0.25, -0.2) is 0 Å². The van der Waals surface area contributed by atoms with E-state index < -0.39 is 11.1 Å². The first-order valence-corrected chi connectivity index (χ1v) is 9.43. The molecule has 0 aliphatic rings. The van der Waals surface area contributed by atoms with Crippen LogP contribution < -0.4 is 4.74 Å². The summed E-state index contributed by atoms with van der Waals surface area (Å²) in [5, 5.41) is 0.471. The lowest BCUT2D eigenvalue weighted by Gasteiger charge is -2.11. The number of benzene rings is 2. The van der Waals surface area contributed by atoms with Gasteiger partial charge in [-0.05, 0) is 41.9 Å². The van der Waals surface area contributed by atoms with E-state index in [1.54, 1.807) is 36.4 Å². The fraction of sp³-hybridized carbons (Fsp3) is 0.111. The van der Waals surface area contributed by atoms with Crippen molar-refractivity contribution in [1.29, 1.82) is 0 Å². The molecule has 9 heteroatoms. The van der Waals surface area contributed by atoms with Crippen molar-refractivity contribution < 1.29 is 22.7 Å². The summed E-state index contributed by atoms with van der Waals surface area (Å²) in [5.74, 6) is 0.279. The fourth-order valence-corrected chi connectivity index (χ4v) is 3.59. The van der Waals surface area contributed by atoms with Gasteiger partial charge in [0.05, 0.1) is 5.69 Å². The number of nitrogens with zero attached hydrogens (tertiary/aromatic N) is 1. The molecule has 0 amide bonds. The van der Waals surface area contributed by atoms with Crippen molar-refractivity contribution in [2.24, 2.45) is 0 Å². The molecule has 1 aromatic heterocycles. The summed E-state index contributed by atoms with van der Waals surface area (Å²) in [6.45, 7) is -0.344. The summed E-state index contributed by atoms with van der Waals surface area (Å²) in [5.41, 5.74) is 0.973. The van der Waals surface area contributed by atoms with Crippen molar-refractivity contribution in [3.63, 3.8) is 0 Å². The summed E-state index contributed by atoms with van der Waals surface area (Å²) < 4.78 is 50.2. The number of rotatable bonds is 5. The van der Waals surface area contributed by atoms with Gasteiger partial charge < -0.3 is 4.74 Å². The van der Waals surface area contributed by atoms with E-state index in [0.717, 1.165) is 0 Å². The molecule has 2 aromatic carbocycles. The van der Waals surface area contributed by atoms with Crippen molar-refractivity contribution in [1.82, 2.24) is 4.37 Å². The molecule has 0 saturated carbocycles. The van der Waals surface area contributed by atoms with Crippen molar-refractivity contribution in [3.8, 4) is 17.0 Å². The third kappa shape index (κ3) is 4.51. The Morgan fingerprint density at radius 1 is 1.19 bits per heavy atom. The number of carbonyl (C=O) groups excluding carboxylic acids is 1. The van der Waals surface area contributed by atoms with Crippen LogP contribution in [-0.2, 0) is 12.8 Å². The number of aromatic nitrogens is 1. The molecular weight excluding hydrogens is 467 g/mol. The molecule has 140 valence electrons. The molecule has 0 saturated heterocycles. The van der Waals surface area contributed by atoms with Crippen molar-refractivity contribution in [2.75, 3.05) is 0 Å². The first-order chi connectivity index (χ1) is 12.8. The Kier molecular flexibility index (Phi) is 5.88. The molecule has 0 N–H and O–H groups in total. The maximum Gasteiger partial charge on any atom is 0.427 e. The quantitative estimate of drug-likeness (QED) is 0.388. The van der Waals surface area contributed by atoms with Crippen LogP contribution in [0.2, 0.25) is 5.02 Å². The highest BCUT2D eigenvalue weighted by Crippen LogP contribution is 2.40. The van der Waals surface area contributed by atoms with Crippen LogP contribution in [0.15, 0.2) is 46.9 Å². The van der Waals surface area contributed by atoms with Crippen molar-refractivity contribution in [3.05, 3.63) is 68.0 Å². The number of halogens is 5. The van der Waals surface area contributed by atoms with Crippen molar-refractivity contribution in [2.45, 2.75) is 12.8 Å². The van der Waals surface area contributed by atoms with Crippen LogP contribution in [0, 0.1) is 0 Å². The highest BCUT2D eigenvalue weighted by atomic mass is 79.9. The van der Waals surface area contributed by atoms with Crippen LogP contribution in [-0.4, -0.2) is 10.7 Å². The van der Waals surface area contributed by atoms with E-state index in [0.29, 0.717) is 38.4 Å². The van der Waals surface area contributed by atoms with E-state index in [-0.39, 0.29) is 23.6 Å². The summed E-state index contributed by atoms with van der Waals surface area (Å²) in [4.78, 5) is 10.2. The zero-order valence-electron chi connectivity index (χ0n) is 13.4. The highest BCUT2D eigenvalue weighted by molar-refractivity contribution is 9.10. The molecule has 0 aliphatic heterocycles. The third-order valence-corrected chi connectivity index (χ3v) is 5.55. The summed E-state index contributed by atoms with van der Waals surface area (Å²) in [7, 11) is 0. The Hall–Kier alpha value is -1.90. The topological polar surface area (TPSA) is 39.2 Å². The minimum Gasteiger partial charge on any atom is -0.489 e. The maximum atomic E-state index is 13.4. The number of ether oxygens (including phenoxy) is 1. The van der Waals surface area contributed by atoms with Gasteiger partial charge in [0.1, 0.15) is 17.2 Å². The molecule has 0 spiro atoms. The second-order valence-electron chi connectivity index (χ2n) is 5.43. The summed E-state index contributed by atoms with van der Waals surface area (Å²) in [6.07, 6.45) is -3.92. The minimum atomic E-state index is -4.55. The minimum absolute atomic E-state index is 0.0644. The molecule has 0 aliphatic carbocycles. The van der Waals surface area contributed by atoms with Crippen LogP contribution in [0.4, 0.5) is 13.2 Å². The number of carbonyl (C=O) groups is 1. The van der Waals surface area contributed by atoms with Gasteiger partial charge in [-0.15, -0.1) is 0 Å². The van der Waals surface area contributed by atoms with Gasteiger partial charge in [-0.1, -0.05) is 39.7 Å². The largest absolute Gasteiger partial charge is 0.489 e. The van der Waals surface area contributed by atoms with E-state index in [1.807, 2.05) is 0 Å². The molecule has 3 aromatic rings. The molecular formula is C18H10BrClF3NO2S. The molecule has 27 heavy (non-hydrogen) atoms. The predicted octanol–water partition coefficient (Wildman–Crippen LogP) is 6.64. The Labute approximate surface area is 170 Å². The smallest absolute Gasteiger partial charge is 0.427 e. The normalized spacial score (nSPS) is 11.4. The molecule has 3 rings (SSSR count). The summed E-state index contributed by atoms with van der Waals surface area (Å²) in [6, 6.07) is 11.0. The number of alkyl halides is 3. The lowest BCUT2D eigenvalue weighted by atomic mass is 10.1. The molecule has 0 radical (unpaired) electrons. The molecule has 0 bridgehead atoms. The van der Waals surface area contributed by atoms with Gasteiger partial charge >= 0.3 is 6.18 Å². The van der Waals surface area contributed by atoms with Gasteiger partial charge in [0, 0.05) is 26.2 Å². The zero-order valence-corrected chi connectivity index (χ0v) is 16.5. The van der Waals surface area contributed by atoms with Gasteiger partial charge in [0.15, 0.2) is 6.29 Å². The standard InChI is InChI=1S/C18H10BrClF3NO2S/c19-15-6-5-13(7-11(15)8-25)26-9-14-16(10-1-3-12(20)4-2-10)24-27-17(14)18(21,22)23/h1-8H,9H2. The number of hydrogen-bond acceptors (Lipinski definition) is 4. The second-order valence-corrected chi connectivity index (χ2v) is 7.50. The van der Waals surface area contributed by atoms with Crippen LogP contribution >= 0.6 is 39.1 Å². The molecule has 0 atom stereocenters. The third-order valence-electron chi connectivity index (χ3n) is 3.64. The van der Waals surface area contributed by atoms with Gasteiger partial charge in [0.2, 0.25) is 0 Å². The number of hydrogen-bond donors (Lipinski definition) is 0. The van der Waals surface area contributed by atoms with Gasteiger partial charge in [0.25, 0.3) is 0 Å². The summed E-state index contributed by atoms with van der Waals surface area (Å²) >= 11 is 9.43.